The van der Waals surface area contributed by atoms with Crippen LogP contribution in [0.2, 0.25) is 0 Å². The first-order valence-electron chi connectivity index (χ1n) is 2.86. The van der Waals surface area contributed by atoms with Gasteiger partial charge in [-0.25, -0.2) is 5.43 Å². The van der Waals surface area contributed by atoms with Gasteiger partial charge in [0.25, 0.3) is 5.91 Å². The van der Waals surface area contributed by atoms with Gasteiger partial charge in [-0.2, -0.15) is 0 Å². The van der Waals surface area contributed by atoms with Crippen LogP contribution < -0.4 is 10.9 Å². The molecule has 1 amide bonds. The molecule has 0 saturated carbocycles. The molecule has 1 heterocycles. The van der Waals surface area contributed by atoms with E-state index in [4.69, 9.17) is 0 Å². The molecule has 1 saturated heterocycles. The molecule has 1 rings (SSSR count). The van der Waals surface area contributed by atoms with Crippen LogP contribution in [0.25, 0.3) is 0 Å². The molecule has 0 aromatic rings. The smallest absolute Gasteiger partial charge is 0.252 e. The van der Waals surface area contributed by atoms with Gasteiger partial charge >= 0.3 is 0 Å². The molecule has 0 aromatic carbocycles. The molecule has 0 radical (unpaired) electrons. The van der Waals surface area contributed by atoms with Crippen LogP contribution in [0, 0.1) is 0 Å². The SMILES string of the molecule is CC.CC1NNC1=O.[HH]. The van der Waals surface area contributed by atoms with E-state index in [1.807, 2.05) is 13.8 Å². The number of hydrazine groups is 1. The average Bonchev–Trinajstić information content (AvgIpc) is 1.88. The molecule has 0 spiro atoms. The molecule has 1 aliphatic heterocycles. The highest BCUT2D eigenvalue weighted by atomic mass is 16.2. The van der Waals surface area contributed by atoms with Gasteiger partial charge in [-0.15, -0.1) is 0 Å². The van der Waals surface area contributed by atoms with E-state index in [1.165, 1.54) is 0 Å². The first-order chi connectivity index (χ1) is 3.80. The zero-order valence-electron chi connectivity index (χ0n) is 5.49. The van der Waals surface area contributed by atoms with Crippen LogP contribution in [0.4, 0.5) is 0 Å². The van der Waals surface area contributed by atoms with Crippen LogP contribution >= 0.6 is 0 Å². The number of nitrogens with one attached hydrogen (secondary N) is 2. The minimum atomic E-state index is 0. The van der Waals surface area contributed by atoms with E-state index in [-0.39, 0.29) is 13.4 Å². The summed E-state index contributed by atoms with van der Waals surface area (Å²) in [4.78, 5) is 10.1. The lowest BCUT2D eigenvalue weighted by Crippen LogP contribution is -2.62. The second kappa shape index (κ2) is 3.43. The molecule has 0 aliphatic carbocycles. The molecule has 0 bridgehead atoms. The molecule has 3 nitrogen and oxygen atoms in total. The molecule has 8 heavy (non-hydrogen) atoms. The molecule has 3 heteroatoms. The summed E-state index contributed by atoms with van der Waals surface area (Å²) in [5, 5.41) is 0. The van der Waals surface area contributed by atoms with Crippen LogP contribution in [0.1, 0.15) is 22.2 Å². The Hall–Kier alpha value is -0.570. The Labute approximate surface area is 50.9 Å². The van der Waals surface area contributed by atoms with Gasteiger partial charge in [0.15, 0.2) is 0 Å². The van der Waals surface area contributed by atoms with Crippen molar-refractivity contribution in [1.82, 2.24) is 10.9 Å². The van der Waals surface area contributed by atoms with Crippen molar-refractivity contribution >= 4 is 5.91 Å². The molecular formula is C5H14N2O. The summed E-state index contributed by atoms with van der Waals surface area (Å²) in [6.45, 7) is 5.80. The Morgan fingerprint density at radius 1 is 1.62 bits per heavy atom. The summed E-state index contributed by atoms with van der Waals surface area (Å²) in [5.41, 5.74) is 5.03. The maximum Gasteiger partial charge on any atom is 0.252 e. The third kappa shape index (κ3) is 1.50. The Balaban J connectivity index is 0. The van der Waals surface area contributed by atoms with Crippen molar-refractivity contribution in [2.75, 3.05) is 0 Å². The van der Waals surface area contributed by atoms with Crippen LogP contribution in [0.5, 0.6) is 0 Å². The third-order valence-corrected chi connectivity index (χ3v) is 0.805. The van der Waals surface area contributed by atoms with Crippen molar-refractivity contribution in [3.8, 4) is 0 Å². The Morgan fingerprint density at radius 2 is 2.00 bits per heavy atom. The minimum absolute atomic E-state index is 0. The van der Waals surface area contributed by atoms with Crippen LogP contribution in [-0.2, 0) is 4.79 Å². The van der Waals surface area contributed by atoms with Gasteiger partial charge in [-0.1, -0.05) is 13.8 Å². The number of hydrogen-bond donors (Lipinski definition) is 2. The van der Waals surface area contributed by atoms with Gasteiger partial charge in [-0.3, -0.25) is 10.2 Å². The fourth-order valence-electron chi connectivity index (χ4n) is 0.275. The van der Waals surface area contributed by atoms with Crippen molar-refractivity contribution < 1.29 is 6.22 Å². The van der Waals surface area contributed by atoms with Gasteiger partial charge in [0.1, 0.15) is 6.04 Å². The van der Waals surface area contributed by atoms with Crippen molar-refractivity contribution in [3.63, 3.8) is 0 Å². The molecule has 1 aliphatic rings. The molecule has 2 N–H and O–H groups in total. The number of carbonyl (C=O) groups is 1. The predicted octanol–water partition coefficient (Wildman–Crippen LogP) is 0.281. The summed E-state index contributed by atoms with van der Waals surface area (Å²) in [7, 11) is 0. The first-order valence-corrected chi connectivity index (χ1v) is 2.86. The highest BCUT2D eigenvalue weighted by Crippen LogP contribution is 1.84. The van der Waals surface area contributed by atoms with Crippen LogP contribution in [0.3, 0.4) is 0 Å². The van der Waals surface area contributed by atoms with E-state index in [9.17, 15) is 4.79 Å². The van der Waals surface area contributed by atoms with Gasteiger partial charge in [0, 0.05) is 1.43 Å². The van der Waals surface area contributed by atoms with Gasteiger partial charge in [0.2, 0.25) is 0 Å². The van der Waals surface area contributed by atoms with Gasteiger partial charge in [-0.05, 0) is 6.92 Å². The van der Waals surface area contributed by atoms with Crippen molar-refractivity contribution in [2.24, 2.45) is 0 Å². The normalized spacial score (nSPS) is 24.4. The Morgan fingerprint density at radius 3 is 2.00 bits per heavy atom. The monoisotopic (exact) mass is 118 g/mol. The number of hydrogen-bond acceptors (Lipinski definition) is 2. The second-order valence-electron chi connectivity index (χ2n) is 1.36. The van der Waals surface area contributed by atoms with E-state index in [0.717, 1.165) is 0 Å². The first kappa shape index (κ1) is 7.43. The summed E-state index contributed by atoms with van der Waals surface area (Å²) >= 11 is 0. The average molecular weight is 118 g/mol. The highest BCUT2D eigenvalue weighted by Gasteiger charge is 2.20. The summed E-state index contributed by atoms with van der Waals surface area (Å²) in [5.74, 6) is 0.0787. The lowest BCUT2D eigenvalue weighted by Gasteiger charge is -2.22. The molecular weight excluding hydrogens is 104 g/mol. The molecule has 50 valence electrons. The lowest BCUT2D eigenvalue weighted by molar-refractivity contribution is -0.131. The second-order valence-corrected chi connectivity index (χ2v) is 1.36. The summed E-state index contributed by atoms with van der Waals surface area (Å²) in [6.07, 6.45) is 0. The minimum Gasteiger partial charge on any atom is -0.289 e. The number of amides is 1. The van der Waals surface area contributed by atoms with Crippen LogP contribution in [-0.4, -0.2) is 11.9 Å². The zero-order chi connectivity index (χ0) is 6.57. The van der Waals surface area contributed by atoms with E-state index in [0.29, 0.717) is 0 Å². The number of rotatable bonds is 0. The van der Waals surface area contributed by atoms with Gasteiger partial charge < -0.3 is 0 Å². The number of carbonyl (C=O) groups excluding carboxylic acids is 1. The Kier molecular flexibility index (Phi) is 3.19. The third-order valence-electron chi connectivity index (χ3n) is 0.805. The van der Waals surface area contributed by atoms with E-state index < -0.39 is 0 Å². The molecule has 1 unspecified atom stereocenters. The fraction of sp³-hybridized carbons (Fsp3) is 0.800. The lowest BCUT2D eigenvalue weighted by atomic mass is 10.3. The predicted molar refractivity (Wildman–Crippen MR) is 34.2 cm³/mol. The molecule has 1 atom stereocenters. The van der Waals surface area contributed by atoms with E-state index in [2.05, 4.69) is 10.9 Å². The summed E-state index contributed by atoms with van der Waals surface area (Å²) < 4.78 is 0. The van der Waals surface area contributed by atoms with E-state index >= 15 is 0 Å². The fourth-order valence-corrected chi connectivity index (χ4v) is 0.275. The van der Waals surface area contributed by atoms with Crippen molar-refractivity contribution in [3.05, 3.63) is 0 Å². The standard InChI is InChI=1S/C3H6N2O.C2H6.H2/c1-2-3(6)5-4-2;1-2;/h2,4H,1H3,(H,5,6);1-2H3;1H. The zero-order valence-corrected chi connectivity index (χ0v) is 5.49. The van der Waals surface area contributed by atoms with Gasteiger partial charge in [0.05, 0.1) is 0 Å². The maximum atomic E-state index is 10.1. The molecule has 0 aromatic heterocycles. The summed E-state index contributed by atoms with van der Waals surface area (Å²) in [6, 6.07) is 0.0324. The van der Waals surface area contributed by atoms with Crippen molar-refractivity contribution in [1.29, 1.82) is 0 Å². The van der Waals surface area contributed by atoms with Crippen LogP contribution in [0.15, 0.2) is 0 Å². The highest BCUT2D eigenvalue weighted by molar-refractivity contribution is 5.85. The quantitative estimate of drug-likeness (QED) is 0.479. The van der Waals surface area contributed by atoms with E-state index in [1.54, 1.807) is 6.92 Å². The largest absolute Gasteiger partial charge is 0.289 e. The Bertz CT molecular complexity index is 87.0. The topological polar surface area (TPSA) is 41.1 Å². The maximum absolute atomic E-state index is 10.1. The van der Waals surface area contributed by atoms with Crippen molar-refractivity contribution in [2.45, 2.75) is 26.8 Å². The molecule has 1 fully saturated rings.